The number of aromatic nitrogens is 3. The van der Waals surface area contributed by atoms with Crippen LogP contribution in [0.4, 0.5) is 0 Å². The molecule has 4 heteroatoms. The minimum Gasteiger partial charge on any atom is -0.310 e. The van der Waals surface area contributed by atoms with Gasteiger partial charge in [-0.15, -0.1) is 0 Å². The third-order valence-electron chi connectivity index (χ3n) is 2.37. The van der Waals surface area contributed by atoms with E-state index in [0.717, 1.165) is 30.7 Å². The van der Waals surface area contributed by atoms with Crippen LogP contribution in [-0.4, -0.2) is 21.3 Å². The molecular weight excluding hydrogens is 164 g/mol. The highest BCUT2D eigenvalue weighted by molar-refractivity contribution is 4.90. The molecule has 0 aromatic carbocycles. The van der Waals surface area contributed by atoms with Crippen molar-refractivity contribution >= 4 is 0 Å². The molecule has 1 N–H and O–H groups in total. The molecule has 0 atom stereocenters. The Morgan fingerprint density at radius 2 is 2.31 bits per heavy atom. The third kappa shape index (κ3) is 2.28. The van der Waals surface area contributed by atoms with Gasteiger partial charge in [0, 0.05) is 7.05 Å². The van der Waals surface area contributed by atoms with Gasteiger partial charge in [0.25, 0.3) is 0 Å². The number of hydrogen-bond acceptors (Lipinski definition) is 3. The monoisotopic (exact) mass is 180 g/mol. The summed E-state index contributed by atoms with van der Waals surface area (Å²) in [5.74, 6) is 2.80. The lowest BCUT2D eigenvalue weighted by molar-refractivity contribution is 0.589. The molecule has 1 aliphatic rings. The van der Waals surface area contributed by atoms with Crippen LogP contribution in [0, 0.1) is 12.8 Å². The average Bonchev–Trinajstić information content (AvgIpc) is 2.81. The van der Waals surface area contributed by atoms with Gasteiger partial charge in [0.05, 0.1) is 6.54 Å². The van der Waals surface area contributed by atoms with Crippen LogP contribution in [0.3, 0.4) is 0 Å². The van der Waals surface area contributed by atoms with Crippen LogP contribution < -0.4 is 5.32 Å². The second-order valence-corrected chi connectivity index (χ2v) is 3.77. The van der Waals surface area contributed by atoms with Crippen molar-refractivity contribution in [2.75, 3.05) is 6.54 Å². The number of aryl methyl sites for hydroxylation is 2. The van der Waals surface area contributed by atoms with Gasteiger partial charge >= 0.3 is 0 Å². The molecule has 1 aliphatic carbocycles. The minimum absolute atomic E-state index is 0.841. The molecule has 13 heavy (non-hydrogen) atoms. The largest absolute Gasteiger partial charge is 0.310 e. The highest BCUT2D eigenvalue weighted by atomic mass is 15.3. The second-order valence-electron chi connectivity index (χ2n) is 3.77. The maximum atomic E-state index is 4.32. The number of hydrogen-bond donors (Lipinski definition) is 1. The Morgan fingerprint density at radius 3 is 2.85 bits per heavy atom. The summed E-state index contributed by atoms with van der Waals surface area (Å²) in [5, 5.41) is 7.58. The Balaban J connectivity index is 1.81. The highest BCUT2D eigenvalue weighted by Crippen LogP contribution is 2.27. The standard InChI is InChI=1S/C9H16N4/c1-7-11-9(13(2)12-7)6-10-5-8-3-4-8/h8,10H,3-6H2,1-2H3. The molecule has 1 saturated carbocycles. The molecule has 1 aromatic heterocycles. The quantitative estimate of drug-likeness (QED) is 0.738. The molecule has 4 nitrogen and oxygen atoms in total. The van der Waals surface area contributed by atoms with Gasteiger partial charge in [0.1, 0.15) is 11.6 Å². The normalized spacial score (nSPS) is 16.5. The summed E-state index contributed by atoms with van der Waals surface area (Å²) in [4.78, 5) is 4.32. The van der Waals surface area contributed by atoms with Gasteiger partial charge in [-0.2, -0.15) is 5.10 Å². The molecule has 0 unspecified atom stereocenters. The molecule has 0 aliphatic heterocycles. The fourth-order valence-electron chi connectivity index (χ4n) is 1.42. The molecule has 0 amide bonds. The van der Waals surface area contributed by atoms with Crippen LogP contribution in [0.5, 0.6) is 0 Å². The summed E-state index contributed by atoms with van der Waals surface area (Å²) in [6, 6.07) is 0. The summed E-state index contributed by atoms with van der Waals surface area (Å²) >= 11 is 0. The van der Waals surface area contributed by atoms with Gasteiger partial charge in [-0.1, -0.05) is 0 Å². The maximum Gasteiger partial charge on any atom is 0.147 e. The molecule has 0 saturated heterocycles. The summed E-state index contributed by atoms with van der Waals surface area (Å²) in [6.07, 6.45) is 2.79. The zero-order valence-electron chi connectivity index (χ0n) is 8.25. The zero-order chi connectivity index (χ0) is 9.26. The van der Waals surface area contributed by atoms with Crippen LogP contribution in [0.1, 0.15) is 24.5 Å². The number of rotatable bonds is 4. The molecule has 1 fully saturated rings. The van der Waals surface area contributed by atoms with E-state index < -0.39 is 0 Å². The van der Waals surface area contributed by atoms with Crippen LogP contribution in [0.15, 0.2) is 0 Å². The number of nitrogens with one attached hydrogen (secondary N) is 1. The van der Waals surface area contributed by atoms with Gasteiger partial charge in [-0.3, -0.25) is 4.68 Å². The average molecular weight is 180 g/mol. The lowest BCUT2D eigenvalue weighted by Gasteiger charge is -2.01. The third-order valence-corrected chi connectivity index (χ3v) is 2.37. The van der Waals surface area contributed by atoms with Crippen molar-refractivity contribution in [1.29, 1.82) is 0 Å². The topological polar surface area (TPSA) is 42.7 Å². The van der Waals surface area contributed by atoms with Crippen LogP contribution in [0.2, 0.25) is 0 Å². The molecule has 2 rings (SSSR count). The molecule has 0 radical (unpaired) electrons. The first-order chi connectivity index (χ1) is 6.25. The van der Waals surface area contributed by atoms with Crippen molar-refractivity contribution < 1.29 is 0 Å². The summed E-state index contributed by atoms with van der Waals surface area (Å²) in [7, 11) is 1.94. The Bertz CT molecular complexity index is 288. The summed E-state index contributed by atoms with van der Waals surface area (Å²) in [5.41, 5.74) is 0. The first-order valence-corrected chi connectivity index (χ1v) is 4.83. The molecule has 0 bridgehead atoms. The Kier molecular flexibility index (Phi) is 2.31. The zero-order valence-corrected chi connectivity index (χ0v) is 8.25. The van der Waals surface area contributed by atoms with E-state index in [-0.39, 0.29) is 0 Å². The van der Waals surface area contributed by atoms with Crippen molar-refractivity contribution in [1.82, 2.24) is 20.1 Å². The van der Waals surface area contributed by atoms with Crippen LogP contribution >= 0.6 is 0 Å². The van der Waals surface area contributed by atoms with E-state index in [0.29, 0.717) is 0 Å². The fourth-order valence-corrected chi connectivity index (χ4v) is 1.42. The summed E-state index contributed by atoms with van der Waals surface area (Å²) < 4.78 is 1.84. The fraction of sp³-hybridized carbons (Fsp3) is 0.778. The van der Waals surface area contributed by atoms with Crippen LogP contribution in [0.25, 0.3) is 0 Å². The summed E-state index contributed by atoms with van der Waals surface area (Å²) in [6.45, 7) is 3.89. The Labute approximate surface area is 78.4 Å². The van der Waals surface area contributed by atoms with E-state index in [1.807, 2.05) is 18.7 Å². The molecule has 1 aromatic rings. The van der Waals surface area contributed by atoms with Gasteiger partial charge in [0.2, 0.25) is 0 Å². The van der Waals surface area contributed by atoms with Gasteiger partial charge < -0.3 is 5.32 Å². The number of nitrogens with zero attached hydrogens (tertiary/aromatic N) is 3. The van der Waals surface area contributed by atoms with E-state index in [1.165, 1.54) is 12.8 Å². The smallest absolute Gasteiger partial charge is 0.147 e. The molecule has 1 heterocycles. The first kappa shape index (κ1) is 8.69. The Morgan fingerprint density at radius 1 is 1.54 bits per heavy atom. The molecule has 72 valence electrons. The highest BCUT2D eigenvalue weighted by Gasteiger charge is 2.20. The Hall–Kier alpha value is -0.900. The molecular formula is C9H16N4. The van der Waals surface area contributed by atoms with Crippen molar-refractivity contribution in [3.05, 3.63) is 11.6 Å². The van der Waals surface area contributed by atoms with E-state index in [4.69, 9.17) is 0 Å². The van der Waals surface area contributed by atoms with Crippen molar-refractivity contribution in [3.63, 3.8) is 0 Å². The minimum atomic E-state index is 0.841. The van der Waals surface area contributed by atoms with Crippen LogP contribution in [-0.2, 0) is 13.6 Å². The van der Waals surface area contributed by atoms with Crippen molar-refractivity contribution in [2.45, 2.75) is 26.3 Å². The van der Waals surface area contributed by atoms with E-state index in [2.05, 4.69) is 15.4 Å². The first-order valence-electron chi connectivity index (χ1n) is 4.83. The van der Waals surface area contributed by atoms with E-state index in [1.54, 1.807) is 0 Å². The van der Waals surface area contributed by atoms with Gasteiger partial charge in [-0.05, 0) is 32.2 Å². The van der Waals surface area contributed by atoms with E-state index in [9.17, 15) is 0 Å². The van der Waals surface area contributed by atoms with Gasteiger partial charge in [0.15, 0.2) is 0 Å². The van der Waals surface area contributed by atoms with Gasteiger partial charge in [-0.25, -0.2) is 4.98 Å². The molecule has 0 spiro atoms. The predicted molar refractivity (Wildman–Crippen MR) is 50.2 cm³/mol. The van der Waals surface area contributed by atoms with Crippen molar-refractivity contribution in [3.8, 4) is 0 Å². The lowest BCUT2D eigenvalue weighted by atomic mass is 10.4. The lowest BCUT2D eigenvalue weighted by Crippen LogP contribution is -2.18. The predicted octanol–water partition coefficient (Wildman–Crippen LogP) is 0.623. The van der Waals surface area contributed by atoms with E-state index >= 15 is 0 Å². The second kappa shape index (κ2) is 3.46. The SMILES string of the molecule is Cc1nc(CNCC2CC2)n(C)n1. The maximum absolute atomic E-state index is 4.32. The van der Waals surface area contributed by atoms with Crippen molar-refractivity contribution in [2.24, 2.45) is 13.0 Å².